The first-order chi connectivity index (χ1) is 9.44. The van der Waals surface area contributed by atoms with Crippen molar-refractivity contribution in [2.45, 2.75) is 24.8 Å². The molecule has 0 amide bonds. The lowest BCUT2D eigenvalue weighted by molar-refractivity contribution is 0.405. The molecule has 0 spiro atoms. The van der Waals surface area contributed by atoms with Crippen LogP contribution in [0.25, 0.3) is 0 Å². The summed E-state index contributed by atoms with van der Waals surface area (Å²) >= 11 is 0. The third-order valence-electron chi connectivity index (χ3n) is 2.97. The fourth-order valence-corrected chi connectivity index (χ4v) is 3.07. The Hall–Kier alpha value is -1.86. The van der Waals surface area contributed by atoms with Crippen LogP contribution in [0.2, 0.25) is 0 Å². The van der Waals surface area contributed by atoms with E-state index in [1.165, 1.54) is 12.4 Å². The van der Waals surface area contributed by atoms with Crippen molar-refractivity contribution in [2.24, 2.45) is 0 Å². The molecule has 1 heterocycles. The van der Waals surface area contributed by atoms with Gasteiger partial charge < -0.3 is 4.74 Å². The van der Waals surface area contributed by atoms with E-state index in [4.69, 9.17) is 4.74 Å². The van der Waals surface area contributed by atoms with Crippen LogP contribution in [0, 0.1) is 6.92 Å². The van der Waals surface area contributed by atoms with E-state index in [9.17, 15) is 8.42 Å². The molecular weight excluding hydrogens is 278 g/mol. The molecule has 7 heteroatoms. The number of aryl methyl sites for hydroxylation is 1. The van der Waals surface area contributed by atoms with E-state index in [-0.39, 0.29) is 4.90 Å². The average Bonchev–Trinajstić information content (AvgIpc) is 2.92. The zero-order valence-corrected chi connectivity index (χ0v) is 12.4. The lowest BCUT2D eigenvalue weighted by Crippen LogP contribution is -2.27. The van der Waals surface area contributed by atoms with E-state index in [0.717, 1.165) is 11.1 Å². The van der Waals surface area contributed by atoms with Gasteiger partial charge in [0, 0.05) is 17.8 Å². The van der Waals surface area contributed by atoms with E-state index in [0.29, 0.717) is 5.75 Å². The fourth-order valence-electron chi connectivity index (χ4n) is 1.94. The monoisotopic (exact) mass is 295 g/mol. The molecule has 2 aromatic rings. The van der Waals surface area contributed by atoms with Crippen molar-refractivity contribution < 1.29 is 13.2 Å². The van der Waals surface area contributed by atoms with Crippen molar-refractivity contribution in [3.63, 3.8) is 0 Å². The Morgan fingerprint density at radius 2 is 2.15 bits per heavy atom. The summed E-state index contributed by atoms with van der Waals surface area (Å²) in [6, 6.07) is 5.23. The fraction of sp³-hybridized carbons (Fsp3) is 0.308. The van der Waals surface area contributed by atoms with E-state index < -0.39 is 16.1 Å². The minimum absolute atomic E-state index is 0.107. The van der Waals surface area contributed by atoms with Gasteiger partial charge in [0.15, 0.2) is 0 Å². The number of rotatable bonds is 5. The molecular formula is C13H17N3O3S. The smallest absolute Gasteiger partial charge is 0.244 e. The number of nitrogens with one attached hydrogen (secondary N) is 2. The van der Waals surface area contributed by atoms with E-state index in [1.54, 1.807) is 14.0 Å². The Kier molecular flexibility index (Phi) is 4.10. The summed E-state index contributed by atoms with van der Waals surface area (Å²) in [5.74, 6) is 0.651. The number of sulfonamides is 1. The first kappa shape index (κ1) is 14.5. The third kappa shape index (κ3) is 3.00. The number of hydrogen-bond donors (Lipinski definition) is 2. The maximum atomic E-state index is 12.1. The lowest BCUT2D eigenvalue weighted by Gasteiger charge is -2.17. The van der Waals surface area contributed by atoms with Gasteiger partial charge >= 0.3 is 0 Å². The molecule has 0 fully saturated rings. The standard InChI is InChI=1S/C13H17N3O3S/c1-9-4-5-13(19-3)12(6-9)10(2)16-20(17,18)11-7-14-15-8-11/h4-8,10,16H,1-3H3,(H,14,15). The van der Waals surface area contributed by atoms with E-state index in [1.807, 2.05) is 25.1 Å². The number of H-pyrrole nitrogens is 1. The highest BCUT2D eigenvalue weighted by Crippen LogP contribution is 2.27. The van der Waals surface area contributed by atoms with Gasteiger partial charge in [-0.05, 0) is 19.9 Å². The predicted octanol–water partition coefficient (Wildman–Crippen LogP) is 1.77. The molecule has 1 atom stereocenters. The quantitative estimate of drug-likeness (QED) is 0.880. The molecule has 6 nitrogen and oxygen atoms in total. The largest absolute Gasteiger partial charge is 0.496 e. The van der Waals surface area contributed by atoms with E-state index >= 15 is 0 Å². The summed E-state index contributed by atoms with van der Waals surface area (Å²) < 4.78 is 32.2. The topological polar surface area (TPSA) is 84.1 Å². The van der Waals surface area contributed by atoms with Gasteiger partial charge in [0.05, 0.1) is 13.3 Å². The van der Waals surface area contributed by atoms with Gasteiger partial charge in [0.1, 0.15) is 10.6 Å². The normalized spacial score (nSPS) is 13.2. The van der Waals surface area contributed by atoms with Crippen LogP contribution in [0.5, 0.6) is 5.75 Å². The Balaban J connectivity index is 2.29. The summed E-state index contributed by atoms with van der Waals surface area (Å²) in [6.45, 7) is 3.72. The summed E-state index contributed by atoms with van der Waals surface area (Å²) in [5.41, 5.74) is 1.83. The van der Waals surface area contributed by atoms with Crippen LogP contribution < -0.4 is 9.46 Å². The number of ether oxygens (including phenoxy) is 1. The second-order valence-electron chi connectivity index (χ2n) is 4.52. The average molecular weight is 295 g/mol. The second-order valence-corrected chi connectivity index (χ2v) is 6.24. The molecule has 2 rings (SSSR count). The van der Waals surface area contributed by atoms with E-state index in [2.05, 4.69) is 14.9 Å². The van der Waals surface area contributed by atoms with Gasteiger partial charge in [0.2, 0.25) is 10.0 Å². The number of nitrogens with zero attached hydrogens (tertiary/aromatic N) is 1. The lowest BCUT2D eigenvalue weighted by atomic mass is 10.1. The minimum Gasteiger partial charge on any atom is -0.496 e. The van der Waals surface area contributed by atoms with Gasteiger partial charge in [0.25, 0.3) is 0 Å². The van der Waals surface area contributed by atoms with Gasteiger partial charge in [-0.15, -0.1) is 0 Å². The van der Waals surface area contributed by atoms with Crippen LogP contribution in [0.3, 0.4) is 0 Å². The van der Waals surface area contributed by atoms with Crippen molar-refractivity contribution in [1.29, 1.82) is 0 Å². The van der Waals surface area contributed by atoms with Crippen molar-refractivity contribution >= 4 is 10.0 Å². The molecule has 0 saturated heterocycles. The van der Waals surface area contributed by atoms with Crippen LogP contribution in [0.15, 0.2) is 35.5 Å². The Bertz CT molecular complexity index is 681. The zero-order chi connectivity index (χ0) is 14.8. The number of hydrogen-bond acceptors (Lipinski definition) is 4. The number of aromatic amines is 1. The van der Waals surface area contributed by atoms with Crippen LogP contribution in [-0.2, 0) is 10.0 Å². The van der Waals surface area contributed by atoms with Crippen molar-refractivity contribution in [1.82, 2.24) is 14.9 Å². The molecule has 1 aromatic carbocycles. The zero-order valence-electron chi connectivity index (χ0n) is 11.5. The first-order valence-electron chi connectivity index (χ1n) is 6.09. The maximum Gasteiger partial charge on any atom is 0.244 e. The molecule has 0 aliphatic rings. The van der Waals surface area contributed by atoms with Crippen molar-refractivity contribution in [3.05, 3.63) is 41.7 Å². The van der Waals surface area contributed by atoms with Crippen LogP contribution in [0.1, 0.15) is 24.1 Å². The molecule has 0 bridgehead atoms. The molecule has 0 aliphatic heterocycles. The van der Waals surface area contributed by atoms with Crippen LogP contribution in [-0.4, -0.2) is 25.7 Å². The molecule has 108 valence electrons. The molecule has 0 saturated carbocycles. The number of benzene rings is 1. The first-order valence-corrected chi connectivity index (χ1v) is 7.58. The highest BCUT2D eigenvalue weighted by Gasteiger charge is 2.21. The van der Waals surface area contributed by atoms with Gasteiger partial charge in [-0.2, -0.15) is 5.10 Å². The second kappa shape index (κ2) is 5.64. The Morgan fingerprint density at radius 3 is 2.75 bits per heavy atom. The summed E-state index contributed by atoms with van der Waals surface area (Å²) in [4.78, 5) is 0.107. The molecule has 0 aliphatic carbocycles. The molecule has 2 N–H and O–H groups in total. The van der Waals surface area contributed by atoms with Gasteiger partial charge in [-0.25, -0.2) is 13.1 Å². The highest BCUT2D eigenvalue weighted by molar-refractivity contribution is 7.89. The predicted molar refractivity (Wildman–Crippen MR) is 75.1 cm³/mol. The summed E-state index contributed by atoms with van der Waals surface area (Å²) in [5, 5.41) is 6.13. The van der Waals surface area contributed by atoms with Gasteiger partial charge in [-0.3, -0.25) is 5.10 Å². The third-order valence-corrected chi connectivity index (χ3v) is 4.47. The molecule has 1 unspecified atom stereocenters. The summed E-state index contributed by atoms with van der Waals surface area (Å²) in [6.07, 6.45) is 2.60. The molecule has 20 heavy (non-hydrogen) atoms. The van der Waals surface area contributed by atoms with Crippen molar-refractivity contribution in [2.75, 3.05) is 7.11 Å². The Labute approximate surface area is 118 Å². The minimum atomic E-state index is -3.60. The maximum absolute atomic E-state index is 12.1. The SMILES string of the molecule is COc1ccc(C)cc1C(C)NS(=O)(=O)c1cn[nH]c1. The van der Waals surface area contributed by atoms with Gasteiger partial charge in [-0.1, -0.05) is 17.7 Å². The number of aromatic nitrogens is 2. The highest BCUT2D eigenvalue weighted by atomic mass is 32.2. The number of methoxy groups -OCH3 is 1. The summed E-state index contributed by atoms with van der Waals surface area (Å²) in [7, 11) is -2.04. The van der Waals surface area contributed by atoms with Crippen LogP contribution in [0.4, 0.5) is 0 Å². The van der Waals surface area contributed by atoms with Crippen molar-refractivity contribution in [3.8, 4) is 5.75 Å². The van der Waals surface area contributed by atoms with Crippen LogP contribution >= 0.6 is 0 Å². The Morgan fingerprint density at radius 1 is 1.40 bits per heavy atom. The molecule has 0 radical (unpaired) electrons. The molecule has 1 aromatic heterocycles.